The van der Waals surface area contributed by atoms with Crippen molar-refractivity contribution in [3.05, 3.63) is 0 Å². The largest absolute Gasteiger partial charge is 0.320 e. The third-order valence-electron chi connectivity index (χ3n) is 8.22. The van der Waals surface area contributed by atoms with Crippen LogP contribution in [0.1, 0.15) is 198 Å². The number of carbonyl (C=O) groups excluding carboxylic acids is 1. The van der Waals surface area contributed by atoms with E-state index in [0.717, 1.165) is 25.7 Å². The topological polar surface area (TPSA) is 72.5 Å². The summed E-state index contributed by atoms with van der Waals surface area (Å²) < 4.78 is 38.8. The van der Waals surface area contributed by atoms with Gasteiger partial charge < -0.3 is 27.1 Å². The van der Waals surface area contributed by atoms with Crippen LogP contribution in [0.25, 0.3) is 0 Å². The molecule has 0 aromatic carbocycles. The highest BCUT2D eigenvalue weighted by Gasteiger charge is 2.33. The van der Waals surface area contributed by atoms with Crippen LogP contribution in [0.15, 0.2) is 0 Å². The Morgan fingerprint density at radius 1 is 0.500 bits per heavy atom. The first-order chi connectivity index (χ1) is 26.4. The zero-order valence-electron chi connectivity index (χ0n) is 37.2. The first kappa shape index (κ1) is 58.4. The van der Waals surface area contributed by atoms with Crippen molar-refractivity contribution < 1.29 is 31.9 Å². The Hall–Kier alpha value is 2.43. The summed E-state index contributed by atoms with van der Waals surface area (Å²) in [5.41, 5.74) is -8.21. The summed E-state index contributed by atoms with van der Waals surface area (Å²) in [7, 11) is 0. The van der Waals surface area contributed by atoms with Crippen LogP contribution in [0.4, 0.5) is 0 Å². The second-order valence-electron chi connectivity index (χ2n) is 15.8. The molecule has 0 aliphatic heterocycles. The van der Waals surface area contributed by atoms with Crippen LogP contribution < -0.4 is 0 Å². The maximum absolute atomic E-state index is 12.0. The number of hydrogen-bond acceptors (Lipinski definition) is 13. The number of carbonyl (C=O) groups is 1. The molecule has 0 aliphatic carbocycles. The van der Waals surface area contributed by atoms with Crippen molar-refractivity contribution >= 4 is 92.4 Å². The number of rotatable bonds is 40. The number of Topliss-reactive ketones (excluding diaryl/α,β-unsaturated/α-hetero) is 1. The molecule has 0 aromatic rings. The molecule has 56 heavy (non-hydrogen) atoms. The lowest BCUT2D eigenvalue weighted by atomic mass is 10.1. The Morgan fingerprint density at radius 3 is 1.09 bits per heavy atom. The molecule has 0 aromatic heterocycles. The summed E-state index contributed by atoms with van der Waals surface area (Å²) in [6.07, 6.45) is 21.9. The Balaban J connectivity index is 6.19. The lowest BCUT2D eigenvalue weighted by Crippen LogP contribution is -2.17. The molecule has 0 aliphatic rings. The first-order valence-corrected chi connectivity index (χ1v) is 34.2. The van der Waals surface area contributed by atoms with Gasteiger partial charge in [-0.25, -0.2) is 0 Å². The summed E-state index contributed by atoms with van der Waals surface area (Å²) >= 11 is 23.3. The van der Waals surface area contributed by atoms with E-state index >= 15 is 0 Å². The summed E-state index contributed by atoms with van der Waals surface area (Å²) in [4.78, 5) is 12.0. The number of unbranched alkanes of at least 4 members (excludes halogenated alkanes) is 14. The Morgan fingerprint density at radius 2 is 0.804 bits per heavy atom. The maximum Gasteiger partial charge on any atom is 0.248 e. The van der Waals surface area contributed by atoms with Gasteiger partial charge in [-0.2, -0.15) is 0 Å². The van der Waals surface area contributed by atoms with Gasteiger partial charge in [-0.3, -0.25) is 4.79 Å². The minimum absolute atomic E-state index is 0.0327. The highest BCUT2D eigenvalue weighted by atomic mass is 32.9. The Kier molecular flexibility index (Phi) is 36.4. The van der Waals surface area contributed by atoms with Gasteiger partial charge in [-0.15, -0.1) is 0 Å². The van der Waals surface area contributed by atoms with Crippen molar-refractivity contribution in [3.8, 4) is 0 Å². The average molecular weight is 961 g/mol. The van der Waals surface area contributed by atoms with Crippen LogP contribution in [-0.2, 0) is 67.4 Å². The average Bonchev–Trinajstić information content (AvgIpc) is 3.06. The molecule has 336 valence electrons. The molecule has 16 heteroatoms. The van der Waals surface area contributed by atoms with Crippen molar-refractivity contribution in [1.29, 1.82) is 0 Å². The molecule has 2 atom stereocenters. The lowest BCUT2D eigenvalue weighted by molar-refractivity contribution is -0.116. The second kappa shape index (κ2) is 34.9. The molecule has 0 N–H and O–H groups in total. The van der Waals surface area contributed by atoms with E-state index in [2.05, 4.69) is 13.8 Å². The van der Waals surface area contributed by atoms with Gasteiger partial charge in [0.1, 0.15) is 5.78 Å². The van der Waals surface area contributed by atoms with Gasteiger partial charge in [0, 0.05) is 22.7 Å². The molecule has 0 saturated carbocycles. The van der Waals surface area contributed by atoms with Crippen LogP contribution in [0.2, 0.25) is 0 Å². The molecule has 0 spiro atoms. The summed E-state index contributed by atoms with van der Waals surface area (Å²) in [6.45, 7) is 23.0. The number of hydrogen-bond donors (Lipinski definition) is 0. The zero-order valence-corrected chi connectivity index (χ0v) is 44.8. The summed E-state index contributed by atoms with van der Waals surface area (Å²) in [6, 6.07) is 0. The summed E-state index contributed by atoms with van der Waals surface area (Å²) in [5.74, 6) is 0.675. The quantitative estimate of drug-likeness (QED) is 0.0433. The second-order valence-corrected chi connectivity index (χ2v) is 35.1. The van der Waals surface area contributed by atoms with E-state index in [0.29, 0.717) is 25.4 Å². The van der Waals surface area contributed by atoms with E-state index < -0.39 is 17.1 Å². The minimum Gasteiger partial charge on any atom is -0.320 e. The van der Waals surface area contributed by atoms with Crippen molar-refractivity contribution in [2.75, 3.05) is 19.0 Å². The fourth-order valence-electron chi connectivity index (χ4n) is 5.65. The van der Waals surface area contributed by atoms with Crippen LogP contribution >= 0.6 is 51.2 Å². The van der Waals surface area contributed by atoms with Crippen molar-refractivity contribution in [2.24, 2.45) is 0 Å². The smallest absolute Gasteiger partial charge is 0.248 e. The van der Waals surface area contributed by atoms with Crippen molar-refractivity contribution in [3.63, 3.8) is 0 Å². The SMILES string of the molecule is CCCCCCCCCCC(COP(=S)(OCC(CCCCCCCCCC)SP(=S)(OC(C)C)OC(C)C)SCCC(C)=O)SP(=S)(OC(C)C)OC(C)C. The highest BCUT2D eigenvalue weighted by molar-refractivity contribution is 8.69. The fraction of sp³-hybridized carbons (Fsp3) is 0.975. The zero-order chi connectivity index (χ0) is 42.5. The van der Waals surface area contributed by atoms with Crippen molar-refractivity contribution in [1.82, 2.24) is 0 Å². The van der Waals surface area contributed by atoms with Gasteiger partial charge in [0.15, 0.2) is 0 Å². The predicted octanol–water partition coefficient (Wildman–Crippen LogP) is 16.4. The predicted molar refractivity (Wildman–Crippen MR) is 265 cm³/mol. The third kappa shape index (κ3) is 34.0. The first-order valence-electron chi connectivity index (χ1n) is 21.7. The van der Waals surface area contributed by atoms with Gasteiger partial charge >= 0.3 is 0 Å². The molecule has 0 amide bonds. The van der Waals surface area contributed by atoms with Crippen molar-refractivity contribution in [2.45, 2.75) is 233 Å². The lowest BCUT2D eigenvalue weighted by Gasteiger charge is -2.32. The molecule has 0 radical (unpaired) electrons. The van der Waals surface area contributed by atoms with E-state index in [-0.39, 0.29) is 40.7 Å². The Bertz CT molecular complexity index is 1030. The highest BCUT2D eigenvalue weighted by Crippen LogP contribution is 2.68. The molecular formula is C40H83O7P3S6. The monoisotopic (exact) mass is 960 g/mol. The van der Waals surface area contributed by atoms with Gasteiger partial charge in [0.05, 0.1) is 37.6 Å². The maximum atomic E-state index is 12.0. The van der Waals surface area contributed by atoms with Gasteiger partial charge in [0.25, 0.3) is 0 Å². The molecule has 0 bridgehead atoms. The molecule has 2 unspecified atom stereocenters. The molecule has 7 nitrogen and oxygen atoms in total. The van der Waals surface area contributed by atoms with Gasteiger partial charge in [-0.05, 0) is 111 Å². The molecule has 0 fully saturated rings. The molecule has 0 heterocycles. The van der Waals surface area contributed by atoms with Crippen LogP contribution in [0.5, 0.6) is 0 Å². The van der Waals surface area contributed by atoms with Crippen LogP contribution in [0, 0.1) is 0 Å². The normalized spacial score (nSPS) is 15.0. The fourth-order valence-corrected chi connectivity index (χ4v) is 24.2. The molecule has 0 saturated heterocycles. The van der Waals surface area contributed by atoms with E-state index in [1.807, 2.05) is 55.4 Å². The van der Waals surface area contributed by atoms with E-state index in [9.17, 15) is 4.79 Å². The van der Waals surface area contributed by atoms with Crippen LogP contribution in [0.3, 0.4) is 0 Å². The third-order valence-corrected chi connectivity index (χ3v) is 25.1. The number of ketones is 1. The van der Waals surface area contributed by atoms with E-state index in [1.165, 1.54) is 101 Å². The van der Waals surface area contributed by atoms with Gasteiger partial charge in [0.2, 0.25) is 17.1 Å². The van der Waals surface area contributed by atoms with Crippen LogP contribution in [-0.4, -0.2) is 59.7 Å². The molecular weight excluding hydrogens is 878 g/mol. The van der Waals surface area contributed by atoms with Gasteiger partial charge in [-0.1, -0.05) is 151 Å². The minimum atomic E-state index is -2.88. The Labute approximate surface area is 373 Å². The van der Waals surface area contributed by atoms with E-state index in [4.69, 9.17) is 62.6 Å². The summed E-state index contributed by atoms with van der Waals surface area (Å²) in [5, 5.41) is 0.0655. The molecule has 0 rings (SSSR count). The standard InChI is InChI=1S/C40H83O7P3S6/c1-12-14-16-18-20-22-24-26-28-39(55-49(52,44-34(3)4)45-35(5)6)32-42-48(51,54-31-30-38(11)41)43-33-40(29-27-25-23-21-19-17-15-13-2)56-50(53,46-36(7)8)47-37(9)10/h34-37,39-40H,12-33H2,1-11H3. The van der Waals surface area contributed by atoms with E-state index in [1.54, 1.807) is 29.7 Å².